The highest BCUT2D eigenvalue weighted by Gasteiger charge is 2.44. The third-order valence-corrected chi connectivity index (χ3v) is 5.84. The monoisotopic (exact) mass is 352 g/mol. The number of piperidine rings is 3. The van der Waals surface area contributed by atoms with Gasteiger partial charge in [-0.1, -0.05) is 11.6 Å². The summed E-state index contributed by atoms with van der Waals surface area (Å²) in [7, 11) is 0. The predicted molar refractivity (Wildman–Crippen MR) is 89.8 cm³/mol. The second-order valence-corrected chi connectivity index (χ2v) is 7.29. The van der Waals surface area contributed by atoms with Crippen molar-refractivity contribution in [2.24, 2.45) is 5.92 Å². The van der Waals surface area contributed by atoms with E-state index in [1.54, 1.807) is 29.1 Å². The molecule has 3 saturated heterocycles. The summed E-state index contributed by atoms with van der Waals surface area (Å²) in [5.41, 5.74) is 1.19. The molecule has 0 N–H and O–H groups in total. The number of fused-ring (bicyclic) bond motifs is 4. The number of carbonyl (C=O) groups excluding carboxylic acids is 1. The van der Waals surface area contributed by atoms with Crippen LogP contribution < -0.4 is 0 Å². The van der Waals surface area contributed by atoms with Crippen molar-refractivity contribution in [3.63, 3.8) is 0 Å². The predicted octanol–water partition coefficient (Wildman–Crippen LogP) is 3.07. The van der Waals surface area contributed by atoms with Gasteiger partial charge in [0.1, 0.15) is 12.0 Å². The van der Waals surface area contributed by atoms with Gasteiger partial charge >= 0.3 is 0 Å². The standard InChI is InChI=1S/C16H18Cl2N4O/c1-10-15(11-2-4-20(10)5-3-11)22(18)16(23)14-7-13-6-12(17)8-21(13)9-19-14/h6-11,15H,2-5H2,1H3/t10-,15+/m1/s1. The summed E-state index contributed by atoms with van der Waals surface area (Å²) in [6.07, 6.45) is 5.56. The minimum Gasteiger partial charge on any atom is -0.306 e. The lowest BCUT2D eigenvalue weighted by Gasteiger charge is -2.51. The normalized spacial score (nSPS) is 29.9. The van der Waals surface area contributed by atoms with Gasteiger partial charge in [0.25, 0.3) is 5.91 Å². The summed E-state index contributed by atoms with van der Waals surface area (Å²) in [5.74, 6) is 0.236. The van der Waals surface area contributed by atoms with Crippen LogP contribution in [0.4, 0.5) is 0 Å². The molecule has 2 atom stereocenters. The third kappa shape index (κ3) is 2.51. The highest BCUT2D eigenvalue weighted by molar-refractivity contribution is 6.31. The molecule has 3 aliphatic heterocycles. The van der Waals surface area contributed by atoms with E-state index in [2.05, 4.69) is 16.8 Å². The summed E-state index contributed by atoms with van der Waals surface area (Å²) in [6.45, 7) is 4.37. The largest absolute Gasteiger partial charge is 0.306 e. The van der Waals surface area contributed by atoms with Crippen LogP contribution in [0.25, 0.3) is 5.52 Å². The summed E-state index contributed by atoms with van der Waals surface area (Å²) in [5, 5.41) is 0.616. The van der Waals surface area contributed by atoms with Gasteiger partial charge in [-0.05, 0) is 50.9 Å². The van der Waals surface area contributed by atoms with E-state index in [0.717, 1.165) is 31.4 Å². The number of hydrogen-bond acceptors (Lipinski definition) is 3. The zero-order chi connectivity index (χ0) is 16.1. The Morgan fingerprint density at radius 2 is 2.09 bits per heavy atom. The summed E-state index contributed by atoms with van der Waals surface area (Å²) >= 11 is 12.5. The van der Waals surface area contributed by atoms with E-state index in [0.29, 0.717) is 16.6 Å². The van der Waals surface area contributed by atoms with Crippen molar-refractivity contribution in [1.29, 1.82) is 0 Å². The Morgan fingerprint density at radius 3 is 2.78 bits per heavy atom. The number of carbonyl (C=O) groups is 1. The van der Waals surface area contributed by atoms with Crippen LogP contribution in [0.5, 0.6) is 0 Å². The van der Waals surface area contributed by atoms with E-state index in [4.69, 9.17) is 23.4 Å². The fourth-order valence-corrected chi connectivity index (χ4v) is 4.62. The van der Waals surface area contributed by atoms with Crippen LogP contribution in [0, 0.1) is 5.92 Å². The lowest BCUT2D eigenvalue weighted by molar-refractivity contribution is -0.00475. The molecule has 5 nitrogen and oxygen atoms in total. The fraction of sp³-hybridized carbons (Fsp3) is 0.500. The van der Waals surface area contributed by atoms with Gasteiger partial charge in [0.2, 0.25) is 0 Å². The molecule has 0 aromatic carbocycles. The summed E-state index contributed by atoms with van der Waals surface area (Å²) < 4.78 is 3.17. The van der Waals surface area contributed by atoms with E-state index in [-0.39, 0.29) is 18.0 Å². The van der Waals surface area contributed by atoms with E-state index in [1.165, 1.54) is 4.42 Å². The molecule has 2 bridgehead atoms. The van der Waals surface area contributed by atoms with Crippen LogP contribution in [-0.2, 0) is 0 Å². The van der Waals surface area contributed by atoms with E-state index >= 15 is 0 Å². The van der Waals surface area contributed by atoms with Crippen molar-refractivity contribution >= 4 is 34.8 Å². The van der Waals surface area contributed by atoms with Crippen LogP contribution >= 0.6 is 23.4 Å². The van der Waals surface area contributed by atoms with Crippen molar-refractivity contribution < 1.29 is 4.79 Å². The Bertz CT molecular complexity index is 752. The van der Waals surface area contributed by atoms with Gasteiger partial charge in [0.15, 0.2) is 0 Å². The highest BCUT2D eigenvalue weighted by Crippen LogP contribution is 2.36. The minimum atomic E-state index is -0.239. The van der Waals surface area contributed by atoms with Gasteiger partial charge < -0.3 is 4.40 Å². The molecule has 122 valence electrons. The molecule has 3 fully saturated rings. The van der Waals surface area contributed by atoms with Crippen molar-refractivity contribution in [2.45, 2.75) is 31.8 Å². The van der Waals surface area contributed by atoms with Gasteiger partial charge in [-0.2, -0.15) is 0 Å². The van der Waals surface area contributed by atoms with Gasteiger partial charge in [-0.15, -0.1) is 0 Å². The number of amides is 1. The average Bonchev–Trinajstić information content (AvgIpc) is 2.93. The first-order valence-electron chi connectivity index (χ1n) is 7.91. The molecule has 2 aromatic heterocycles. The number of aromatic nitrogens is 2. The molecule has 2 aromatic rings. The van der Waals surface area contributed by atoms with Crippen molar-refractivity contribution in [1.82, 2.24) is 18.7 Å². The van der Waals surface area contributed by atoms with Crippen LogP contribution in [0.15, 0.2) is 24.7 Å². The number of nitrogens with zero attached hydrogens (tertiary/aromatic N) is 4. The maximum absolute atomic E-state index is 12.8. The first-order chi connectivity index (χ1) is 11.0. The molecule has 1 amide bonds. The topological polar surface area (TPSA) is 40.9 Å². The maximum Gasteiger partial charge on any atom is 0.287 e. The molecule has 0 saturated carbocycles. The second kappa shape index (κ2) is 5.65. The number of rotatable bonds is 2. The average molecular weight is 353 g/mol. The van der Waals surface area contributed by atoms with Gasteiger partial charge in [-0.25, -0.2) is 9.40 Å². The van der Waals surface area contributed by atoms with Gasteiger partial charge in [0, 0.05) is 24.0 Å². The fourth-order valence-electron chi connectivity index (χ4n) is 3.99. The lowest BCUT2D eigenvalue weighted by atomic mass is 9.79. The van der Waals surface area contributed by atoms with Crippen LogP contribution in [0.3, 0.4) is 0 Å². The van der Waals surface area contributed by atoms with Gasteiger partial charge in [0.05, 0.1) is 16.6 Å². The molecule has 3 aliphatic rings. The van der Waals surface area contributed by atoms with Crippen molar-refractivity contribution in [2.75, 3.05) is 13.1 Å². The van der Waals surface area contributed by atoms with Crippen molar-refractivity contribution in [3.05, 3.63) is 35.4 Å². The minimum absolute atomic E-state index is 0.0417. The molecule has 5 heterocycles. The Kier molecular flexibility index (Phi) is 3.75. The maximum atomic E-state index is 12.8. The van der Waals surface area contributed by atoms with Crippen LogP contribution in [0.2, 0.25) is 5.02 Å². The quantitative estimate of drug-likeness (QED) is 0.780. The molecule has 5 rings (SSSR count). The molecular weight excluding hydrogens is 335 g/mol. The molecule has 0 radical (unpaired) electrons. The number of halogens is 2. The molecule has 7 heteroatoms. The zero-order valence-corrected chi connectivity index (χ0v) is 14.3. The van der Waals surface area contributed by atoms with E-state index < -0.39 is 0 Å². The molecule has 0 aliphatic carbocycles. The molecule has 23 heavy (non-hydrogen) atoms. The van der Waals surface area contributed by atoms with Crippen LogP contribution in [-0.4, -0.2) is 49.8 Å². The Hall–Kier alpha value is -1.30. The summed E-state index contributed by atoms with van der Waals surface area (Å²) in [4.78, 5) is 19.4. The number of hydrogen-bond donors (Lipinski definition) is 0. The zero-order valence-electron chi connectivity index (χ0n) is 12.8. The lowest BCUT2D eigenvalue weighted by Crippen LogP contribution is -2.61. The second-order valence-electron chi connectivity index (χ2n) is 6.49. The third-order valence-electron chi connectivity index (χ3n) is 5.25. The first kappa shape index (κ1) is 15.2. The first-order valence-corrected chi connectivity index (χ1v) is 8.63. The molecule has 0 unspecified atom stereocenters. The molecular formula is C16H18Cl2N4O. The Labute approximate surface area is 144 Å². The van der Waals surface area contributed by atoms with Crippen LogP contribution in [0.1, 0.15) is 30.3 Å². The van der Waals surface area contributed by atoms with Crippen molar-refractivity contribution in [3.8, 4) is 0 Å². The molecule has 0 spiro atoms. The summed E-state index contributed by atoms with van der Waals surface area (Å²) in [6, 6.07) is 3.86. The highest BCUT2D eigenvalue weighted by atomic mass is 35.5. The Morgan fingerprint density at radius 1 is 1.35 bits per heavy atom. The smallest absolute Gasteiger partial charge is 0.287 e. The van der Waals surface area contributed by atoms with E-state index in [9.17, 15) is 4.79 Å². The van der Waals surface area contributed by atoms with E-state index in [1.807, 2.05) is 0 Å². The van der Waals surface area contributed by atoms with Gasteiger partial charge in [-0.3, -0.25) is 9.69 Å². The SMILES string of the molecule is C[C@@H]1[C@H](N(Cl)C(=O)c2cc3cc(Cl)cn3cn2)C2CCN1CC2. The Balaban J connectivity index is 1.61.